The van der Waals surface area contributed by atoms with E-state index in [4.69, 9.17) is 11.6 Å². The molecule has 172 valence electrons. The van der Waals surface area contributed by atoms with Crippen LogP contribution >= 0.6 is 11.6 Å². The molecule has 0 bridgehead atoms. The van der Waals surface area contributed by atoms with Gasteiger partial charge in [0.15, 0.2) is 0 Å². The third-order valence-corrected chi connectivity index (χ3v) is 7.54. The van der Waals surface area contributed by atoms with E-state index in [1.165, 1.54) is 42.5 Å². The Hall–Kier alpha value is -2.95. The van der Waals surface area contributed by atoms with Crippen molar-refractivity contribution in [3.05, 3.63) is 94.8 Å². The molecule has 1 heterocycles. The maximum absolute atomic E-state index is 13.9. The quantitative estimate of drug-likeness (QED) is 0.535. The molecular weight excluding hydrogens is 489 g/mol. The summed E-state index contributed by atoms with van der Waals surface area (Å²) in [4.78, 5) is 0.00556. The molecule has 4 rings (SSSR count). The van der Waals surface area contributed by atoms with Crippen LogP contribution in [0.4, 0.5) is 10.1 Å². The molecule has 0 amide bonds. The summed E-state index contributed by atoms with van der Waals surface area (Å²) in [6.07, 6.45) is 1.25. The monoisotopic (exact) mass is 507 g/mol. The third-order valence-electron chi connectivity index (χ3n) is 4.99. The van der Waals surface area contributed by atoms with E-state index in [1.54, 1.807) is 30.3 Å². The highest BCUT2D eigenvalue weighted by Crippen LogP contribution is 2.37. The zero-order valence-electron chi connectivity index (χ0n) is 17.3. The number of nitrogens with zero attached hydrogens (tertiary/aromatic N) is 2. The number of nitrogens with one attached hydrogen (secondary N) is 1. The molecule has 0 aromatic heterocycles. The van der Waals surface area contributed by atoms with Crippen LogP contribution in [0.3, 0.4) is 0 Å². The first-order valence-corrected chi connectivity index (χ1v) is 13.4. The molecule has 0 fully saturated rings. The molecule has 0 saturated carbocycles. The van der Waals surface area contributed by atoms with Crippen LogP contribution in [0.2, 0.25) is 5.02 Å². The summed E-state index contributed by atoms with van der Waals surface area (Å²) >= 11 is 5.90. The van der Waals surface area contributed by atoms with E-state index in [-0.39, 0.29) is 11.3 Å². The van der Waals surface area contributed by atoms with E-state index >= 15 is 0 Å². The summed E-state index contributed by atoms with van der Waals surface area (Å²) in [7, 11) is -7.50. The van der Waals surface area contributed by atoms with Crippen molar-refractivity contribution in [3.63, 3.8) is 0 Å². The van der Waals surface area contributed by atoms with Crippen molar-refractivity contribution >= 4 is 43.0 Å². The minimum absolute atomic E-state index is 0.00556. The van der Waals surface area contributed by atoms with Gasteiger partial charge in [0.25, 0.3) is 10.0 Å². The van der Waals surface area contributed by atoms with Gasteiger partial charge in [0.1, 0.15) is 5.82 Å². The second-order valence-corrected chi connectivity index (χ2v) is 11.5. The van der Waals surface area contributed by atoms with E-state index in [0.717, 1.165) is 10.7 Å². The lowest BCUT2D eigenvalue weighted by atomic mass is 9.99. The number of hydrogen-bond donors (Lipinski definition) is 1. The average molecular weight is 508 g/mol. The predicted molar refractivity (Wildman–Crippen MR) is 126 cm³/mol. The predicted octanol–water partition coefficient (Wildman–Crippen LogP) is 4.39. The molecule has 1 aliphatic rings. The summed E-state index contributed by atoms with van der Waals surface area (Å²) in [5.41, 5.74) is 1.91. The van der Waals surface area contributed by atoms with Crippen LogP contribution in [0.25, 0.3) is 0 Å². The highest BCUT2D eigenvalue weighted by atomic mass is 35.5. The van der Waals surface area contributed by atoms with Crippen LogP contribution in [0.5, 0.6) is 0 Å². The average Bonchev–Trinajstić information content (AvgIpc) is 3.20. The van der Waals surface area contributed by atoms with Gasteiger partial charge in [-0.3, -0.25) is 4.72 Å². The normalized spacial score (nSPS) is 16.5. The molecule has 0 saturated heterocycles. The van der Waals surface area contributed by atoms with Crippen molar-refractivity contribution < 1.29 is 21.2 Å². The lowest BCUT2D eigenvalue weighted by molar-refractivity contribution is 0.370. The van der Waals surface area contributed by atoms with Gasteiger partial charge in [-0.05, 0) is 59.7 Å². The van der Waals surface area contributed by atoms with Crippen molar-refractivity contribution in [1.82, 2.24) is 4.41 Å². The molecule has 0 radical (unpaired) electrons. The lowest BCUT2D eigenvalue weighted by Gasteiger charge is -2.23. The van der Waals surface area contributed by atoms with Gasteiger partial charge in [-0.25, -0.2) is 12.8 Å². The van der Waals surface area contributed by atoms with Crippen LogP contribution in [0, 0.1) is 5.82 Å². The van der Waals surface area contributed by atoms with E-state index < -0.39 is 31.9 Å². The Balaban J connectivity index is 1.74. The molecule has 1 atom stereocenters. The fourth-order valence-electron chi connectivity index (χ4n) is 3.51. The van der Waals surface area contributed by atoms with Crippen LogP contribution < -0.4 is 4.72 Å². The number of rotatable bonds is 6. The van der Waals surface area contributed by atoms with E-state index in [1.807, 2.05) is 0 Å². The Kier molecular flexibility index (Phi) is 6.17. The molecule has 3 aromatic carbocycles. The summed E-state index contributed by atoms with van der Waals surface area (Å²) in [6.45, 7) is 0. The number of benzene rings is 3. The molecule has 1 aliphatic heterocycles. The first kappa shape index (κ1) is 23.2. The maximum Gasteiger partial charge on any atom is 0.279 e. The van der Waals surface area contributed by atoms with Crippen LogP contribution in [-0.4, -0.2) is 33.2 Å². The Morgan fingerprint density at radius 3 is 2.27 bits per heavy atom. The van der Waals surface area contributed by atoms with Gasteiger partial charge in [-0.1, -0.05) is 35.9 Å². The molecular formula is C22H19ClFN3O4S2. The summed E-state index contributed by atoms with van der Waals surface area (Å²) < 4.78 is 67.0. The molecule has 33 heavy (non-hydrogen) atoms. The van der Waals surface area contributed by atoms with Crippen LogP contribution in [-0.2, 0) is 20.0 Å². The van der Waals surface area contributed by atoms with Gasteiger partial charge in [-0.15, -0.1) is 0 Å². The topological polar surface area (TPSA) is 95.9 Å². The van der Waals surface area contributed by atoms with E-state index in [0.29, 0.717) is 27.5 Å². The van der Waals surface area contributed by atoms with E-state index in [9.17, 15) is 21.2 Å². The number of hydrogen-bond acceptors (Lipinski definition) is 5. The standard InChI is InChI=1S/C22H19ClFN3O4S2/c1-32(28,29)26-19-9-5-15(6-10-19)21-14-22(16-3-2-4-18(24)13-16)27(25-21)33(30,31)20-11-7-17(23)8-12-20/h2-13,22,26H,14H2,1H3/t22-/m1/s1. The molecule has 0 aliphatic carbocycles. The highest BCUT2D eigenvalue weighted by Gasteiger charge is 2.37. The molecule has 11 heteroatoms. The minimum atomic E-state index is -4.07. The number of hydrazone groups is 1. The van der Waals surface area contributed by atoms with Gasteiger partial charge in [0.2, 0.25) is 10.0 Å². The SMILES string of the molecule is CS(=O)(=O)Nc1ccc(C2=NN(S(=O)(=O)c3ccc(Cl)cc3)[C@@H](c3cccc(F)c3)C2)cc1. The lowest BCUT2D eigenvalue weighted by Crippen LogP contribution is -2.27. The summed E-state index contributed by atoms with van der Waals surface area (Å²) in [5, 5.41) is 4.78. The molecule has 1 N–H and O–H groups in total. The van der Waals surface area contributed by atoms with Gasteiger partial charge >= 0.3 is 0 Å². The largest absolute Gasteiger partial charge is 0.284 e. The van der Waals surface area contributed by atoms with Gasteiger partial charge < -0.3 is 0 Å². The Labute approximate surface area is 196 Å². The zero-order chi connectivity index (χ0) is 23.8. The second kappa shape index (κ2) is 8.77. The Morgan fingerprint density at radius 1 is 1.00 bits per heavy atom. The minimum Gasteiger partial charge on any atom is -0.284 e. The smallest absolute Gasteiger partial charge is 0.279 e. The first-order valence-electron chi connectivity index (χ1n) is 9.74. The Morgan fingerprint density at radius 2 is 1.67 bits per heavy atom. The third kappa shape index (κ3) is 5.18. The van der Waals surface area contributed by atoms with Crippen molar-refractivity contribution in [2.45, 2.75) is 17.4 Å². The highest BCUT2D eigenvalue weighted by molar-refractivity contribution is 7.92. The van der Waals surface area contributed by atoms with Gasteiger partial charge in [0, 0.05) is 17.1 Å². The van der Waals surface area contributed by atoms with Gasteiger partial charge in [0.05, 0.1) is 22.9 Å². The van der Waals surface area contributed by atoms with Crippen molar-refractivity contribution in [3.8, 4) is 0 Å². The second-order valence-electron chi connectivity index (χ2n) is 7.50. The number of sulfonamides is 2. The van der Waals surface area contributed by atoms with E-state index in [2.05, 4.69) is 9.82 Å². The van der Waals surface area contributed by atoms with Gasteiger partial charge in [-0.2, -0.15) is 17.9 Å². The number of anilines is 1. The zero-order valence-corrected chi connectivity index (χ0v) is 19.7. The van der Waals surface area contributed by atoms with Crippen LogP contribution in [0.15, 0.2) is 82.8 Å². The molecule has 3 aromatic rings. The molecule has 0 spiro atoms. The van der Waals surface area contributed by atoms with Crippen molar-refractivity contribution in [2.75, 3.05) is 11.0 Å². The van der Waals surface area contributed by atoms with Crippen molar-refractivity contribution in [2.24, 2.45) is 5.10 Å². The Bertz CT molecular complexity index is 1430. The molecule has 0 unspecified atom stereocenters. The first-order chi connectivity index (χ1) is 15.5. The summed E-state index contributed by atoms with van der Waals surface area (Å²) in [5.74, 6) is -0.485. The van der Waals surface area contributed by atoms with Crippen molar-refractivity contribution in [1.29, 1.82) is 0 Å². The molecule has 7 nitrogen and oxygen atoms in total. The van der Waals surface area contributed by atoms with Crippen LogP contribution in [0.1, 0.15) is 23.6 Å². The fraction of sp³-hybridized carbons (Fsp3) is 0.136. The fourth-order valence-corrected chi connectivity index (χ4v) is 5.63. The summed E-state index contributed by atoms with van der Waals surface area (Å²) in [6, 6.07) is 17.1. The number of halogens is 2. The maximum atomic E-state index is 13.9.